The van der Waals surface area contributed by atoms with Crippen molar-refractivity contribution in [1.82, 2.24) is 0 Å². The Morgan fingerprint density at radius 2 is 1.86 bits per heavy atom. The van der Waals surface area contributed by atoms with E-state index in [1.165, 1.54) is 5.56 Å². The zero-order valence-corrected chi connectivity index (χ0v) is 17.9. The molecule has 0 saturated carbocycles. The average molecular weight is 387 g/mol. The summed E-state index contributed by atoms with van der Waals surface area (Å²) in [5, 5.41) is 0. The van der Waals surface area contributed by atoms with Gasteiger partial charge in [0.05, 0.1) is 0 Å². The summed E-state index contributed by atoms with van der Waals surface area (Å²) in [6, 6.07) is 14.3. The predicted octanol–water partition coefficient (Wildman–Crippen LogP) is 6.52. The molecule has 1 atom stereocenters. The lowest BCUT2D eigenvalue weighted by Crippen LogP contribution is -2.23. The maximum Gasteiger partial charge on any atom is 0.166 e. The maximum absolute atomic E-state index is 13.0. The first kappa shape index (κ1) is 21.0. The van der Waals surface area contributed by atoms with Crippen molar-refractivity contribution in [2.24, 2.45) is 11.8 Å². The highest BCUT2D eigenvalue weighted by atomic mass is 16.1. The summed E-state index contributed by atoms with van der Waals surface area (Å²) >= 11 is 0. The quantitative estimate of drug-likeness (QED) is 0.484. The van der Waals surface area contributed by atoms with Crippen LogP contribution in [0.15, 0.2) is 66.3 Å². The van der Waals surface area contributed by atoms with Gasteiger partial charge in [0.2, 0.25) is 0 Å². The molecule has 0 radical (unpaired) electrons. The third-order valence-corrected chi connectivity index (χ3v) is 5.77. The molecule has 2 heteroatoms. The van der Waals surface area contributed by atoms with Crippen molar-refractivity contribution in [3.8, 4) is 11.1 Å². The number of benzene rings is 2. The number of aryl methyl sites for hydroxylation is 1. The molecule has 2 nitrogen and oxygen atoms in total. The zero-order chi connectivity index (χ0) is 21.0. The largest absolute Gasteiger partial charge is 0.294 e. The Morgan fingerprint density at radius 1 is 1.07 bits per heavy atom. The van der Waals surface area contributed by atoms with Crippen LogP contribution in [0.25, 0.3) is 11.1 Å². The van der Waals surface area contributed by atoms with Gasteiger partial charge in [0, 0.05) is 23.5 Å². The Hall–Kier alpha value is -2.74. The average Bonchev–Trinajstić information content (AvgIpc) is 3.26. The molecule has 0 aliphatic heterocycles. The smallest absolute Gasteiger partial charge is 0.166 e. The molecule has 1 aliphatic rings. The zero-order valence-electron chi connectivity index (χ0n) is 17.9. The molecule has 1 aliphatic carbocycles. The standard InChI is InChI=1S/C27H30O2/c1-5-26(28)23-12-8-11-22(17-23)25-16-20(14-13-19(25)4)15-24(18(2)3)27(29)21-9-6-7-10-21/h6,8-14,16-18,24H,5,7,15H2,1-4H3. The fourth-order valence-corrected chi connectivity index (χ4v) is 3.91. The molecule has 3 rings (SSSR count). The molecule has 0 saturated heterocycles. The van der Waals surface area contributed by atoms with Crippen LogP contribution in [-0.2, 0) is 11.2 Å². The highest BCUT2D eigenvalue weighted by Crippen LogP contribution is 2.29. The van der Waals surface area contributed by atoms with Crippen molar-refractivity contribution in [3.05, 3.63) is 83.0 Å². The van der Waals surface area contributed by atoms with Gasteiger partial charge < -0.3 is 0 Å². The lowest BCUT2D eigenvalue weighted by molar-refractivity contribution is -0.120. The second-order valence-electron chi connectivity index (χ2n) is 8.22. The summed E-state index contributed by atoms with van der Waals surface area (Å²) in [5.74, 6) is 0.635. The van der Waals surface area contributed by atoms with Gasteiger partial charge in [-0.3, -0.25) is 9.59 Å². The highest BCUT2D eigenvalue weighted by Gasteiger charge is 2.25. The highest BCUT2D eigenvalue weighted by molar-refractivity contribution is 6.00. The van der Waals surface area contributed by atoms with Gasteiger partial charge in [-0.15, -0.1) is 0 Å². The lowest BCUT2D eigenvalue weighted by Gasteiger charge is -2.21. The van der Waals surface area contributed by atoms with Gasteiger partial charge in [-0.05, 0) is 54.0 Å². The van der Waals surface area contributed by atoms with Crippen LogP contribution in [0.5, 0.6) is 0 Å². The third-order valence-electron chi connectivity index (χ3n) is 5.77. The number of allylic oxidation sites excluding steroid dienone is 4. The van der Waals surface area contributed by atoms with Crippen LogP contribution >= 0.6 is 0 Å². The summed E-state index contributed by atoms with van der Waals surface area (Å²) in [6.45, 7) is 8.22. The van der Waals surface area contributed by atoms with Crippen molar-refractivity contribution >= 4 is 11.6 Å². The van der Waals surface area contributed by atoms with Gasteiger partial charge in [0.1, 0.15) is 0 Å². The first-order chi connectivity index (χ1) is 13.9. The molecule has 0 amide bonds. The molecule has 2 aromatic rings. The summed E-state index contributed by atoms with van der Waals surface area (Å²) < 4.78 is 0. The van der Waals surface area contributed by atoms with E-state index in [0.29, 0.717) is 6.42 Å². The Labute approximate surface area is 174 Å². The minimum atomic E-state index is -0.0347. The fraction of sp³-hybridized carbons (Fsp3) is 0.333. The van der Waals surface area contributed by atoms with E-state index < -0.39 is 0 Å². The molecule has 0 bridgehead atoms. The number of hydrogen-bond acceptors (Lipinski definition) is 2. The summed E-state index contributed by atoms with van der Waals surface area (Å²) in [6.07, 6.45) is 8.10. The number of rotatable bonds is 8. The molecule has 0 fully saturated rings. The number of carbonyl (C=O) groups excluding carboxylic acids is 2. The molecular weight excluding hydrogens is 356 g/mol. The molecular formula is C27H30O2. The summed E-state index contributed by atoms with van der Waals surface area (Å²) in [5.41, 5.74) is 6.11. The molecule has 0 aromatic heterocycles. The molecule has 1 unspecified atom stereocenters. The second kappa shape index (κ2) is 9.17. The summed E-state index contributed by atoms with van der Waals surface area (Å²) in [4.78, 5) is 25.1. The Morgan fingerprint density at radius 3 is 2.52 bits per heavy atom. The minimum Gasteiger partial charge on any atom is -0.294 e. The van der Waals surface area contributed by atoms with Gasteiger partial charge >= 0.3 is 0 Å². The number of Topliss-reactive ketones (excluding diaryl/α,β-unsaturated/α-hetero) is 2. The first-order valence-corrected chi connectivity index (χ1v) is 10.5. The topological polar surface area (TPSA) is 34.1 Å². The minimum absolute atomic E-state index is 0.0347. The van der Waals surface area contributed by atoms with Gasteiger partial charge in [-0.25, -0.2) is 0 Å². The third kappa shape index (κ3) is 4.82. The van der Waals surface area contributed by atoms with Crippen LogP contribution in [0.2, 0.25) is 0 Å². The molecule has 0 heterocycles. The lowest BCUT2D eigenvalue weighted by atomic mass is 9.82. The number of carbonyl (C=O) groups is 2. The van der Waals surface area contributed by atoms with Crippen molar-refractivity contribution in [2.75, 3.05) is 0 Å². The van der Waals surface area contributed by atoms with Gasteiger partial charge in [-0.1, -0.05) is 75.4 Å². The van der Waals surface area contributed by atoms with Gasteiger partial charge in [0.25, 0.3) is 0 Å². The van der Waals surface area contributed by atoms with Crippen LogP contribution in [0.3, 0.4) is 0 Å². The van der Waals surface area contributed by atoms with Gasteiger partial charge in [-0.2, -0.15) is 0 Å². The maximum atomic E-state index is 13.0. The van der Waals surface area contributed by atoms with Crippen LogP contribution in [0.4, 0.5) is 0 Å². The Balaban J connectivity index is 1.91. The van der Waals surface area contributed by atoms with Crippen LogP contribution in [0, 0.1) is 18.8 Å². The van der Waals surface area contributed by atoms with E-state index in [1.807, 2.05) is 43.4 Å². The molecule has 0 N–H and O–H groups in total. The van der Waals surface area contributed by atoms with E-state index >= 15 is 0 Å². The second-order valence-corrected chi connectivity index (χ2v) is 8.22. The Kier molecular flexibility index (Phi) is 6.64. The summed E-state index contributed by atoms with van der Waals surface area (Å²) in [7, 11) is 0. The fourth-order valence-electron chi connectivity index (χ4n) is 3.91. The first-order valence-electron chi connectivity index (χ1n) is 10.5. The van der Waals surface area contributed by atoms with Crippen LogP contribution < -0.4 is 0 Å². The number of ketones is 2. The van der Waals surface area contributed by atoms with E-state index in [0.717, 1.165) is 40.7 Å². The van der Waals surface area contributed by atoms with Crippen molar-refractivity contribution < 1.29 is 9.59 Å². The van der Waals surface area contributed by atoms with Crippen molar-refractivity contribution in [3.63, 3.8) is 0 Å². The van der Waals surface area contributed by atoms with E-state index in [9.17, 15) is 9.59 Å². The molecule has 150 valence electrons. The van der Waals surface area contributed by atoms with Crippen molar-refractivity contribution in [1.29, 1.82) is 0 Å². The number of hydrogen-bond donors (Lipinski definition) is 0. The normalized spacial score (nSPS) is 14.2. The molecule has 29 heavy (non-hydrogen) atoms. The van der Waals surface area contributed by atoms with Gasteiger partial charge in [0.15, 0.2) is 11.6 Å². The molecule has 0 spiro atoms. The predicted molar refractivity (Wildman–Crippen MR) is 120 cm³/mol. The molecule has 2 aromatic carbocycles. The SMILES string of the molecule is CCC(=O)c1cccc(-c2cc(CC(C(=O)C3=CCC=C3)C(C)C)ccc2C)c1. The van der Waals surface area contributed by atoms with E-state index in [2.05, 4.69) is 45.0 Å². The van der Waals surface area contributed by atoms with Crippen molar-refractivity contribution in [2.45, 2.75) is 47.0 Å². The van der Waals surface area contributed by atoms with Crippen LogP contribution in [0.1, 0.15) is 55.1 Å². The van der Waals surface area contributed by atoms with E-state index in [1.54, 1.807) is 0 Å². The van der Waals surface area contributed by atoms with Crippen LogP contribution in [-0.4, -0.2) is 11.6 Å². The van der Waals surface area contributed by atoms with E-state index in [4.69, 9.17) is 0 Å². The van der Waals surface area contributed by atoms with E-state index in [-0.39, 0.29) is 23.4 Å². The Bertz CT molecular complexity index is 976. The monoisotopic (exact) mass is 386 g/mol.